The molecule has 0 N–H and O–H groups in total. The van der Waals surface area contributed by atoms with Gasteiger partial charge in [0.25, 0.3) is 0 Å². The van der Waals surface area contributed by atoms with Crippen LogP contribution in [0.1, 0.15) is 51.0 Å². The van der Waals surface area contributed by atoms with Gasteiger partial charge in [-0.2, -0.15) is 0 Å². The molecule has 1 aromatic carbocycles. The molecular formula is C20H24ClN3. The zero-order chi connectivity index (χ0) is 17.3. The summed E-state index contributed by atoms with van der Waals surface area (Å²) in [6.45, 7) is 8.74. The third-order valence-electron chi connectivity index (χ3n) is 4.59. The van der Waals surface area contributed by atoms with Crippen molar-refractivity contribution in [3.05, 3.63) is 46.9 Å². The molecule has 2 heterocycles. The topological polar surface area (TPSA) is 30.7 Å². The molecule has 3 aromatic rings. The van der Waals surface area contributed by atoms with Gasteiger partial charge in [0.2, 0.25) is 0 Å². The first-order valence-corrected chi connectivity index (χ1v) is 9.06. The number of hydrogen-bond acceptors (Lipinski definition) is 2. The summed E-state index contributed by atoms with van der Waals surface area (Å²) in [5.41, 5.74) is 5.32. The lowest BCUT2D eigenvalue weighted by molar-refractivity contribution is 0.496. The lowest BCUT2D eigenvalue weighted by atomic mass is 10.0. The monoisotopic (exact) mass is 341 g/mol. The van der Waals surface area contributed by atoms with Crippen LogP contribution >= 0.6 is 11.6 Å². The Kier molecular flexibility index (Phi) is 4.91. The van der Waals surface area contributed by atoms with Crippen LogP contribution in [0.3, 0.4) is 0 Å². The van der Waals surface area contributed by atoms with E-state index in [0.29, 0.717) is 6.04 Å². The van der Waals surface area contributed by atoms with Crippen molar-refractivity contribution in [2.75, 3.05) is 0 Å². The number of halogens is 1. The van der Waals surface area contributed by atoms with Crippen LogP contribution in [0, 0.1) is 6.92 Å². The summed E-state index contributed by atoms with van der Waals surface area (Å²) in [5.74, 6) is 1.13. The van der Waals surface area contributed by atoms with Crippen LogP contribution in [0.4, 0.5) is 0 Å². The Labute approximate surface area is 148 Å². The molecule has 3 nitrogen and oxygen atoms in total. The summed E-state index contributed by atoms with van der Waals surface area (Å²) >= 11 is 6.11. The maximum Gasteiger partial charge on any atom is 0.115 e. The Hall–Kier alpha value is -1.87. The van der Waals surface area contributed by atoms with E-state index in [2.05, 4.69) is 43.3 Å². The molecule has 0 aliphatic rings. The predicted molar refractivity (Wildman–Crippen MR) is 102 cm³/mol. The van der Waals surface area contributed by atoms with Crippen LogP contribution in [-0.2, 0) is 6.42 Å². The van der Waals surface area contributed by atoms with Gasteiger partial charge in [-0.3, -0.25) is 4.98 Å². The molecule has 0 saturated carbocycles. The van der Waals surface area contributed by atoms with Gasteiger partial charge in [0.15, 0.2) is 0 Å². The molecule has 0 fully saturated rings. The third-order valence-corrected chi connectivity index (χ3v) is 4.82. The summed E-state index contributed by atoms with van der Waals surface area (Å²) in [5, 5.41) is 0.750. The minimum atomic E-state index is 0.441. The molecule has 1 atom stereocenters. The van der Waals surface area contributed by atoms with Crippen molar-refractivity contribution in [3.8, 4) is 11.3 Å². The highest BCUT2D eigenvalue weighted by atomic mass is 35.5. The first kappa shape index (κ1) is 17.0. The molecule has 0 amide bonds. The SMILES string of the molecule is CCCC(C)n1c(CC)nc2c(-c3ccc(Cl)cc3C)nccc21. The molecule has 3 rings (SSSR count). The Morgan fingerprint density at radius 2 is 2.00 bits per heavy atom. The second-order valence-corrected chi connectivity index (χ2v) is 6.81. The minimum absolute atomic E-state index is 0.441. The van der Waals surface area contributed by atoms with Gasteiger partial charge >= 0.3 is 0 Å². The highest BCUT2D eigenvalue weighted by molar-refractivity contribution is 6.30. The summed E-state index contributed by atoms with van der Waals surface area (Å²) in [7, 11) is 0. The second-order valence-electron chi connectivity index (χ2n) is 6.38. The number of fused-ring (bicyclic) bond motifs is 1. The van der Waals surface area contributed by atoms with E-state index in [-0.39, 0.29) is 0 Å². The molecule has 0 bridgehead atoms. The molecule has 2 aromatic heterocycles. The Bertz CT molecular complexity index is 867. The average molecular weight is 342 g/mol. The zero-order valence-corrected chi connectivity index (χ0v) is 15.6. The Morgan fingerprint density at radius 3 is 2.67 bits per heavy atom. The van der Waals surface area contributed by atoms with Crippen LogP contribution in [0.2, 0.25) is 5.02 Å². The number of rotatable bonds is 5. The van der Waals surface area contributed by atoms with Crippen LogP contribution in [-0.4, -0.2) is 14.5 Å². The summed E-state index contributed by atoms with van der Waals surface area (Å²) in [6, 6.07) is 8.47. The normalized spacial score (nSPS) is 12.7. The first-order chi connectivity index (χ1) is 11.6. The van der Waals surface area contributed by atoms with E-state index in [0.717, 1.165) is 52.4 Å². The molecule has 0 saturated heterocycles. The van der Waals surface area contributed by atoms with Crippen LogP contribution < -0.4 is 0 Å². The molecular weight excluding hydrogens is 318 g/mol. The molecule has 1 unspecified atom stereocenters. The number of aromatic nitrogens is 3. The van der Waals surface area contributed by atoms with Crippen molar-refractivity contribution in [2.45, 2.75) is 53.0 Å². The highest BCUT2D eigenvalue weighted by Gasteiger charge is 2.18. The smallest absolute Gasteiger partial charge is 0.115 e. The zero-order valence-electron chi connectivity index (χ0n) is 14.8. The fourth-order valence-electron chi connectivity index (χ4n) is 3.45. The fourth-order valence-corrected chi connectivity index (χ4v) is 3.68. The first-order valence-electron chi connectivity index (χ1n) is 8.69. The lowest BCUT2D eigenvalue weighted by Crippen LogP contribution is -2.08. The number of benzene rings is 1. The molecule has 4 heteroatoms. The van der Waals surface area contributed by atoms with Gasteiger partial charge in [0.05, 0.1) is 11.2 Å². The van der Waals surface area contributed by atoms with Crippen molar-refractivity contribution < 1.29 is 0 Å². The van der Waals surface area contributed by atoms with Crippen molar-refractivity contribution in [2.24, 2.45) is 0 Å². The predicted octanol–water partition coefficient (Wildman–Crippen LogP) is 5.98. The van der Waals surface area contributed by atoms with Crippen molar-refractivity contribution >= 4 is 22.6 Å². The van der Waals surface area contributed by atoms with Crippen molar-refractivity contribution in [1.29, 1.82) is 0 Å². The molecule has 0 radical (unpaired) electrons. The Morgan fingerprint density at radius 1 is 1.21 bits per heavy atom. The van der Waals surface area contributed by atoms with Crippen LogP contribution in [0.25, 0.3) is 22.3 Å². The standard InChI is InChI=1S/C20H24ClN3/c1-5-7-14(4)24-17-10-11-22-19(20(17)23-18(24)6-2)16-9-8-15(21)12-13(16)3/h8-12,14H,5-7H2,1-4H3. The third kappa shape index (κ3) is 2.93. The number of nitrogens with zero attached hydrogens (tertiary/aromatic N) is 3. The maximum absolute atomic E-state index is 6.11. The fraction of sp³-hybridized carbons (Fsp3) is 0.400. The number of aryl methyl sites for hydroxylation is 2. The number of pyridine rings is 1. The van der Waals surface area contributed by atoms with Crippen LogP contribution in [0.5, 0.6) is 0 Å². The molecule has 0 aliphatic carbocycles. The van der Waals surface area contributed by atoms with E-state index in [1.54, 1.807) is 0 Å². The van der Waals surface area contributed by atoms with E-state index >= 15 is 0 Å². The van der Waals surface area contributed by atoms with Gasteiger partial charge in [0.1, 0.15) is 11.3 Å². The lowest BCUT2D eigenvalue weighted by Gasteiger charge is -2.16. The van der Waals surface area contributed by atoms with E-state index in [1.807, 2.05) is 24.4 Å². The van der Waals surface area contributed by atoms with Gasteiger partial charge in [0, 0.05) is 29.2 Å². The second kappa shape index (κ2) is 6.94. The Balaban J connectivity index is 2.24. The largest absolute Gasteiger partial charge is 0.325 e. The summed E-state index contributed by atoms with van der Waals surface area (Å²) in [4.78, 5) is 9.58. The number of imidazole rings is 1. The quantitative estimate of drug-likeness (QED) is 0.571. The molecule has 126 valence electrons. The van der Waals surface area contributed by atoms with Crippen molar-refractivity contribution in [3.63, 3.8) is 0 Å². The molecule has 0 spiro atoms. The van der Waals surface area contributed by atoms with Gasteiger partial charge in [-0.05, 0) is 44.0 Å². The highest BCUT2D eigenvalue weighted by Crippen LogP contribution is 2.32. The van der Waals surface area contributed by atoms with Gasteiger partial charge in [-0.1, -0.05) is 37.9 Å². The van der Waals surface area contributed by atoms with Gasteiger partial charge in [-0.15, -0.1) is 0 Å². The molecule has 0 aliphatic heterocycles. The summed E-state index contributed by atoms with van der Waals surface area (Å²) in [6.07, 6.45) is 5.12. The van der Waals surface area contributed by atoms with E-state index in [4.69, 9.17) is 16.6 Å². The maximum atomic E-state index is 6.11. The van der Waals surface area contributed by atoms with E-state index in [1.165, 1.54) is 5.52 Å². The van der Waals surface area contributed by atoms with E-state index < -0.39 is 0 Å². The van der Waals surface area contributed by atoms with Crippen molar-refractivity contribution in [1.82, 2.24) is 14.5 Å². The minimum Gasteiger partial charge on any atom is -0.325 e. The summed E-state index contributed by atoms with van der Waals surface area (Å²) < 4.78 is 2.38. The van der Waals surface area contributed by atoms with Gasteiger partial charge < -0.3 is 4.57 Å². The average Bonchev–Trinajstić information content (AvgIpc) is 2.94. The van der Waals surface area contributed by atoms with E-state index in [9.17, 15) is 0 Å². The number of hydrogen-bond donors (Lipinski definition) is 0. The molecule has 24 heavy (non-hydrogen) atoms. The van der Waals surface area contributed by atoms with Gasteiger partial charge in [-0.25, -0.2) is 4.98 Å². The van der Waals surface area contributed by atoms with Crippen LogP contribution in [0.15, 0.2) is 30.5 Å².